The van der Waals surface area contributed by atoms with Crippen molar-refractivity contribution in [3.63, 3.8) is 0 Å². The third-order valence-electron chi connectivity index (χ3n) is 2.80. The van der Waals surface area contributed by atoms with Crippen LogP contribution in [-0.4, -0.2) is 0 Å². The average Bonchev–Trinajstić information content (AvgIpc) is 2.23. The Morgan fingerprint density at radius 3 is 1.75 bits per heavy atom. The molecule has 2 bridgehead atoms. The van der Waals surface area contributed by atoms with Crippen LogP contribution in [0.1, 0.15) is 26.2 Å². The van der Waals surface area contributed by atoms with Gasteiger partial charge in [0.15, 0.2) is 0 Å². The molecular formula is C8H13Rf4-. The van der Waals surface area contributed by atoms with Gasteiger partial charge in [0.05, 0.1) is 0 Å². The molecule has 0 spiro atoms. The maximum atomic E-state index is 2.57. The van der Waals surface area contributed by atoms with E-state index in [0.717, 1.165) is 17.8 Å². The summed E-state index contributed by atoms with van der Waals surface area (Å²) in [5, 5.41) is 0. The molecule has 0 saturated heterocycles. The molecule has 0 aliphatic heterocycles. The second-order valence-corrected chi connectivity index (χ2v) is 3.41. The number of rotatable bonds is 0. The van der Waals surface area contributed by atoms with Crippen molar-refractivity contribution in [2.75, 3.05) is 0 Å². The van der Waals surface area contributed by atoms with Crippen LogP contribution in [0.3, 0.4) is 0 Å². The summed E-state index contributed by atoms with van der Waals surface area (Å²) >= 11 is 0. The first kappa shape index (κ1) is 15.7. The van der Waals surface area contributed by atoms with E-state index in [1.807, 2.05) is 0 Å². The zero-order valence-corrected chi connectivity index (χ0v) is 33.9. The second kappa shape index (κ2) is 3.11. The Labute approximate surface area is 51.3 Å². The Kier molecular flexibility index (Phi) is 4.07. The number of hydrogen-bond donors (Lipinski definition) is 0. The molecule has 12 heavy (non-hydrogen) atoms. The van der Waals surface area contributed by atoms with E-state index in [9.17, 15) is 0 Å². The summed E-state index contributed by atoms with van der Waals surface area (Å²) in [4.78, 5) is 0. The predicted molar refractivity (Wildman–Crippen MR) is 34.3 cm³/mol. The van der Waals surface area contributed by atoms with Crippen molar-refractivity contribution in [1.29, 1.82) is 0 Å². The molecule has 2 rings (SSSR count). The largest absolute Gasteiger partial charge is 0.322 e. The molecule has 0 N–H and O–H groups in total. The molecular weight excluding hydrogens is 1160 g/mol. The van der Waals surface area contributed by atoms with Crippen LogP contribution in [0.15, 0.2) is 0 Å². The predicted octanol–water partition coefficient (Wildman–Crippen LogP) is 2.26. The first-order valence-electron chi connectivity index (χ1n) is 3.71. The van der Waals surface area contributed by atoms with E-state index in [-0.39, 0.29) is 0 Å². The van der Waals surface area contributed by atoms with E-state index in [1.54, 1.807) is 0 Å². The molecule has 0 heterocycles. The van der Waals surface area contributed by atoms with Crippen LogP contribution in [0.4, 0.5) is 0 Å². The molecule has 54 valence electrons. The van der Waals surface area contributed by atoms with Gasteiger partial charge in [-0.05, 0) is 0 Å². The molecule has 0 radical (unpaired) electrons. The summed E-state index contributed by atoms with van der Waals surface area (Å²) < 4.78 is 0. The molecule has 3 atom stereocenters. The van der Waals surface area contributed by atoms with Crippen molar-refractivity contribution < 1.29 is 0 Å². The summed E-state index contributed by atoms with van der Waals surface area (Å²) in [6, 6.07) is 0. The molecule has 2 aliphatic carbocycles. The molecule has 0 aromatic carbocycles. The van der Waals surface area contributed by atoms with Gasteiger partial charge in [-0.1, -0.05) is 32.1 Å². The summed E-state index contributed by atoms with van der Waals surface area (Å²) in [6.07, 6.45) is 7.05. The van der Waals surface area contributed by atoms with Crippen molar-refractivity contribution in [3.05, 3.63) is 6.42 Å². The van der Waals surface area contributed by atoms with Crippen LogP contribution in [0.5, 0.6) is 0 Å². The molecule has 0 aromatic heterocycles. The van der Waals surface area contributed by atoms with Gasteiger partial charge in [-0.25, -0.2) is 0 Å². The average molecular weight is 1180 g/mol. The zero-order chi connectivity index (χ0) is 5.56. The van der Waals surface area contributed by atoms with Gasteiger partial charge in [0.2, 0.25) is 0 Å². The van der Waals surface area contributed by atoms with Crippen LogP contribution >= 0.6 is 0 Å². The van der Waals surface area contributed by atoms with Gasteiger partial charge < -0.3 is 6.42 Å². The normalized spacial score (nSPS) is 35.2. The fourth-order valence-corrected chi connectivity index (χ4v) is 2.27. The van der Waals surface area contributed by atoms with Gasteiger partial charge >= 0.3 is 0 Å². The minimum Gasteiger partial charge on any atom is -0.322 e. The van der Waals surface area contributed by atoms with Gasteiger partial charge in [0.25, 0.3) is 0 Å². The monoisotopic (exact) mass is 1180 g/mol. The van der Waals surface area contributed by atoms with Gasteiger partial charge in [-0.2, -0.15) is 11.8 Å². The van der Waals surface area contributed by atoms with Crippen molar-refractivity contribution >= 4 is 0 Å². The molecule has 3 unspecified atom stereocenters. The summed E-state index contributed by atoms with van der Waals surface area (Å²) in [7, 11) is 0. The van der Waals surface area contributed by atoms with Gasteiger partial charge in [0, 0.05) is 0 Å². The first-order valence-corrected chi connectivity index (χ1v) is 3.71. The fraction of sp³-hybridized carbons (Fsp3) is 0.875. The number of fused-ring (bicyclic) bond motifs is 2. The molecule has 2 fully saturated rings. The van der Waals surface area contributed by atoms with E-state index in [1.165, 1.54) is 19.3 Å². The van der Waals surface area contributed by atoms with Crippen molar-refractivity contribution in [3.8, 4) is 0 Å². The maximum absolute atomic E-state index is 2.57. The molecule has 0 aromatic rings. The van der Waals surface area contributed by atoms with Crippen LogP contribution in [0.2, 0.25) is 0 Å². The van der Waals surface area contributed by atoms with E-state index < -0.39 is 0 Å². The van der Waals surface area contributed by atoms with Crippen LogP contribution in [0, 0.1) is 24.2 Å². The Morgan fingerprint density at radius 1 is 1.00 bits per heavy atom. The number of hydrogen-bond acceptors (Lipinski definition) is 0. The zero-order valence-electron chi connectivity index (χ0n) is 8.26. The first-order chi connectivity index (χ1) is 3.86. The molecule has 0 amide bonds. The Balaban J connectivity index is -0.000000202. The third-order valence-corrected chi connectivity index (χ3v) is 2.80. The Hall–Kier alpha value is -4.00. The van der Waals surface area contributed by atoms with E-state index in [4.69, 9.17) is 0 Å². The van der Waals surface area contributed by atoms with Crippen molar-refractivity contribution in [2.45, 2.75) is 26.2 Å². The minimum absolute atomic E-state index is 0. The SMILES string of the molecule is CC1CC2[CH-]C1CC2.[Rf].[Rf].[Rf].[Rf]. The molecule has 2 saturated carbocycles. The summed E-state index contributed by atoms with van der Waals surface area (Å²) in [5.41, 5.74) is 0. The maximum Gasteiger partial charge on any atom is 0 e. The Bertz CT molecular complexity index is 105. The minimum atomic E-state index is 0. The van der Waals surface area contributed by atoms with E-state index >= 15 is 0 Å². The summed E-state index contributed by atoms with van der Waals surface area (Å²) in [6.45, 7) is 2.39. The van der Waals surface area contributed by atoms with Gasteiger partial charge in [-0.15, -0.1) is 0 Å². The van der Waals surface area contributed by atoms with Crippen LogP contribution in [0.25, 0.3) is 0 Å². The van der Waals surface area contributed by atoms with E-state index in [0.29, 0.717) is 0 Å². The topological polar surface area (TPSA) is 0 Å². The summed E-state index contributed by atoms with van der Waals surface area (Å²) in [5.74, 6) is 3.06. The van der Waals surface area contributed by atoms with Crippen molar-refractivity contribution in [2.24, 2.45) is 17.8 Å². The quantitative estimate of drug-likeness (QED) is 0.328. The van der Waals surface area contributed by atoms with Gasteiger partial charge in [0.1, 0.15) is 0 Å². The molecule has 4 heteroatoms. The standard InChI is InChI=1S/C8H13.4Rf/c1-6-4-7-2-3-8(6)5-7;;;;/h5-8H,2-4H2,1H3;;;;/q-1;;;;. The smallest absolute Gasteiger partial charge is 0 e. The fourth-order valence-electron chi connectivity index (χ4n) is 2.27. The Morgan fingerprint density at radius 2 is 1.58 bits per heavy atom. The molecule has 0 nitrogen and oxygen atoms in total. The van der Waals surface area contributed by atoms with Gasteiger partial charge in [-0.3, -0.25) is 0 Å². The van der Waals surface area contributed by atoms with Crippen LogP contribution in [-0.2, 0) is 0 Å². The molecule has 2 aliphatic rings. The van der Waals surface area contributed by atoms with E-state index in [2.05, 4.69) is 13.3 Å². The second-order valence-electron chi connectivity index (χ2n) is 3.41. The van der Waals surface area contributed by atoms with Crippen molar-refractivity contribution in [1.82, 2.24) is 0 Å². The third kappa shape index (κ3) is 0.888. The van der Waals surface area contributed by atoms with Crippen LogP contribution < -0.4 is 0 Å².